The van der Waals surface area contributed by atoms with Crippen LogP contribution in [-0.4, -0.2) is 21.4 Å². The van der Waals surface area contributed by atoms with Crippen molar-refractivity contribution in [2.45, 2.75) is 12.5 Å². The summed E-state index contributed by atoms with van der Waals surface area (Å²) in [6.07, 6.45) is 0.659. The summed E-state index contributed by atoms with van der Waals surface area (Å²) in [7, 11) is 0. The van der Waals surface area contributed by atoms with Gasteiger partial charge in [-0.2, -0.15) is 0 Å². The summed E-state index contributed by atoms with van der Waals surface area (Å²) in [4.78, 5) is 4.23. The molecule has 98 valence electrons. The molecule has 0 spiro atoms. The minimum Gasteiger partial charge on any atom is -0.379 e. The van der Waals surface area contributed by atoms with Crippen LogP contribution in [0.15, 0.2) is 27.8 Å². The lowest BCUT2D eigenvalue weighted by atomic mass is 9.83. The second-order valence-corrected chi connectivity index (χ2v) is 4.15. The molecule has 1 aromatic carbocycles. The molecule has 7 nitrogen and oxygen atoms in total. The van der Waals surface area contributed by atoms with Crippen LogP contribution >= 0.6 is 0 Å². The molecule has 0 saturated heterocycles. The standard InChI is InChI=1S/C11H10FN5O2/c12-6-2-1-5-3-8(7(5)4-6)14-11(15-18)9-10(13)17-19-16-9/h1-2,4,8,18H,3H2,(H2,13,17)(H,14,15)/t8-/m1/s1. The summed E-state index contributed by atoms with van der Waals surface area (Å²) in [5.41, 5.74) is 9.34. The van der Waals surface area contributed by atoms with Crippen LogP contribution in [0.3, 0.4) is 0 Å². The van der Waals surface area contributed by atoms with Crippen molar-refractivity contribution < 1.29 is 14.2 Å². The van der Waals surface area contributed by atoms with Crippen LogP contribution in [0.1, 0.15) is 22.9 Å². The molecule has 2 aromatic rings. The number of aromatic nitrogens is 2. The van der Waals surface area contributed by atoms with E-state index in [2.05, 4.69) is 19.9 Å². The van der Waals surface area contributed by atoms with Gasteiger partial charge in [-0.15, -0.1) is 0 Å². The van der Waals surface area contributed by atoms with Crippen molar-refractivity contribution in [1.29, 1.82) is 0 Å². The summed E-state index contributed by atoms with van der Waals surface area (Å²) in [5.74, 6) is -0.266. The van der Waals surface area contributed by atoms with E-state index in [0.29, 0.717) is 6.42 Å². The highest BCUT2D eigenvalue weighted by molar-refractivity contribution is 5.99. The lowest BCUT2D eigenvalue weighted by Crippen LogP contribution is -2.26. The monoisotopic (exact) mass is 263 g/mol. The van der Waals surface area contributed by atoms with Crippen molar-refractivity contribution in [3.63, 3.8) is 0 Å². The summed E-state index contributed by atoms with van der Waals surface area (Å²) in [5, 5.41) is 16.0. The van der Waals surface area contributed by atoms with Gasteiger partial charge in [-0.25, -0.2) is 9.02 Å². The Morgan fingerprint density at radius 1 is 1.53 bits per heavy atom. The van der Waals surface area contributed by atoms with Crippen molar-refractivity contribution in [3.8, 4) is 0 Å². The highest BCUT2D eigenvalue weighted by Gasteiger charge is 2.27. The number of hydrogen-bond acceptors (Lipinski definition) is 6. The van der Waals surface area contributed by atoms with Gasteiger partial charge in [-0.05, 0) is 40.0 Å². The molecular weight excluding hydrogens is 253 g/mol. The highest BCUT2D eigenvalue weighted by atomic mass is 19.1. The molecule has 0 unspecified atom stereocenters. The number of rotatable bonds is 2. The smallest absolute Gasteiger partial charge is 0.199 e. The molecule has 0 saturated carbocycles. The van der Waals surface area contributed by atoms with E-state index < -0.39 is 0 Å². The van der Waals surface area contributed by atoms with Crippen LogP contribution in [0.25, 0.3) is 0 Å². The molecule has 1 heterocycles. The summed E-state index contributed by atoms with van der Waals surface area (Å²) in [6.45, 7) is 0. The number of nitrogens with two attached hydrogens (primary N) is 1. The zero-order valence-corrected chi connectivity index (χ0v) is 9.67. The number of halogens is 1. The molecule has 4 N–H and O–H groups in total. The number of hydrogen-bond donors (Lipinski definition) is 3. The van der Waals surface area contributed by atoms with Gasteiger partial charge in [0.1, 0.15) is 5.82 Å². The van der Waals surface area contributed by atoms with Crippen molar-refractivity contribution in [2.24, 2.45) is 4.99 Å². The number of nitrogens with one attached hydrogen (secondary N) is 1. The Hall–Kier alpha value is -2.48. The molecule has 1 atom stereocenters. The minimum absolute atomic E-state index is 0.0130. The Labute approximate surface area is 106 Å². The predicted octanol–water partition coefficient (Wildman–Crippen LogP) is 0.814. The van der Waals surface area contributed by atoms with E-state index in [1.54, 1.807) is 6.07 Å². The fourth-order valence-electron chi connectivity index (χ4n) is 2.02. The lowest BCUT2D eigenvalue weighted by Gasteiger charge is -2.27. The third kappa shape index (κ3) is 1.91. The Morgan fingerprint density at radius 3 is 3.05 bits per heavy atom. The number of aliphatic imine (C=N–C) groups is 1. The zero-order valence-electron chi connectivity index (χ0n) is 9.67. The lowest BCUT2D eigenvalue weighted by molar-refractivity contribution is 0.232. The van der Waals surface area contributed by atoms with Crippen molar-refractivity contribution >= 4 is 11.7 Å². The minimum atomic E-state index is -0.320. The number of fused-ring (bicyclic) bond motifs is 1. The van der Waals surface area contributed by atoms with Crippen molar-refractivity contribution in [1.82, 2.24) is 15.8 Å². The number of benzene rings is 1. The third-order valence-corrected chi connectivity index (χ3v) is 3.01. The van der Waals surface area contributed by atoms with Crippen LogP contribution in [-0.2, 0) is 6.42 Å². The van der Waals surface area contributed by atoms with Crippen LogP contribution in [0.2, 0.25) is 0 Å². The molecule has 1 aliphatic carbocycles. The molecule has 1 aromatic heterocycles. The van der Waals surface area contributed by atoms with Gasteiger partial charge >= 0.3 is 0 Å². The van der Waals surface area contributed by atoms with E-state index in [4.69, 9.17) is 10.9 Å². The normalized spacial score (nSPS) is 17.8. The van der Waals surface area contributed by atoms with E-state index in [0.717, 1.165) is 11.1 Å². The van der Waals surface area contributed by atoms with E-state index >= 15 is 0 Å². The first-order valence-electron chi connectivity index (χ1n) is 5.53. The number of anilines is 1. The van der Waals surface area contributed by atoms with E-state index in [9.17, 15) is 4.39 Å². The number of hydroxylamine groups is 1. The van der Waals surface area contributed by atoms with Crippen LogP contribution in [0, 0.1) is 5.82 Å². The third-order valence-electron chi connectivity index (χ3n) is 3.01. The molecule has 3 rings (SSSR count). The molecule has 0 fully saturated rings. The molecular formula is C11H10FN5O2. The summed E-state index contributed by atoms with van der Waals surface area (Å²) < 4.78 is 17.6. The Kier molecular flexibility index (Phi) is 2.64. The van der Waals surface area contributed by atoms with Gasteiger partial charge in [-0.1, -0.05) is 6.07 Å². The summed E-state index contributed by atoms with van der Waals surface area (Å²) in [6, 6.07) is 4.29. The SMILES string of the molecule is Nc1nonc1C(=N[C@@H]1Cc2ccc(F)cc21)NO. The Bertz CT molecular complexity index is 654. The molecule has 0 bridgehead atoms. The fraction of sp³-hybridized carbons (Fsp3) is 0.182. The molecule has 8 heteroatoms. The number of nitrogens with zero attached hydrogens (tertiary/aromatic N) is 3. The van der Waals surface area contributed by atoms with Gasteiger partial charge in [0.2, 0.25) is 0 Å². The maximum Gasteiger partial charge on any atom is 0.199 e. The van der Waals surface area contributed by atoms with E-state index in [1.165, 1.54) is 12.1 Å². The number of nitrogen functional groups attached to an aromatic ring is 1. The molecule has 1 aliphatic rings. The van der Waals surface area contributed by atoms with Gasteiger partial charge in [0.05, 0.1) is 6.04 Å². The average molecular weight is 263 g/mol. The van der Waals surface area contributed by atoms with Gasteiger partial charge in [0.15, 0.2) is 17.3 Å². The van der Waals surface area contributed by atoms with E-state index in [-0.39, 0.29) is 29.2 Å². The second kappa shape index (κ2) is 4.32. The van der Waals surface area contributed by atoms with Crippen LogP contribution in [0.4, 0.5) is 10.2 Å². The van der Waals surface area contributed by atoms with E-state index in [1.807, 2.05) is 5.48 Å². The quantitative estimate of drug-likeness (QED) is 0.420. The fourth-order valence-corrected chi connectivity index (χ4v) is 2.02. The molecule has 0 aliphatic heterocycles. The largest absolute Gasteiger partial charge is 0.379 e. The van der Waals surface area contributed by atoms with Crippen molar-refractivity contribution in [2.75, 3.05) is 5.73 Å². The molecule has 19 heavy (non-hydrogen) atoms. The Morgan fingerprint density at radius 2 is 2.37 bits per heavy atom. The second-order valence-electron chi connectivity index (χ2n) is 4.15. The number of amidine groups is 1. The Balaban J connectivity index is 1.92. The molecule has 0 amide bonds. The van der Waals surface area contributed by atoms with Gasteiger partial charge in [-0.3, -0.25) is 15.7 Å². The van der Waals surface area contributed by atoms with Gasteiger partial charge < -0.3 is 5.73 Å². The highest BCUT2D eigenvalue weighted by Crippen LogP contribution is 2.36. The summed E-state index contributed by atoms with van der Waals surface area (Å²) >= 11 is 0. The molecule has 0 radical (unpaired) electrons. The maximum atomic E-state index is 13.1. The first kappa shape index (κ1) is 11.6. The first-order valence-corrected chi connectivity index (χ1v) is 5.53. The zero-order chi connectivity index (χ0) is 13.4. The average Bonchev–Trinajstić information content (AvgIpc) is 2.80. The topological polar surface area (TPSA) is 110 Å². The van der Waals surface area contributed by atoms with Crippen LogP contribution in [0.5, 0.6) is 0 Å². The van der Waals surface area contributed by atoms with Crippen LogP contribution < -0.4 is 11.2 Å². The van der Waals surface area contributed by atoms with Crippen molar-refractivity contribution in [3.05, 3.63) is 40.8 Å². The predicted molar refractivity (Wildman–Crippen MR) is 63.0 cm³/mol. The maximum absolute atomic E-state index is 13.1. The first-order chi connectivity index (χ1) is 9.19. The van der Waals surface area contributed by atoms with Gasteiger partial charge in [0.25, 0.3) is 0 Å². The van der Waals surface area contributed by atoms with Gasteiger partial charge in [0, 0.05) is 0 Å².